The Morgan fingerprint density at radius 2 is 1.70 bits per heavy atom. The van der Waals surface area contributed by atoms with Gasteiger partial charge < -0.3 is 10.1 Å². The quantitative estimate of drug-likeness (QED) is 0.631. The maximum atomic E-state index is 12.5. The van der Waals surface area contributed by atoms with Gasteiger partial charge in [-0.3, -0.25) is 9.69 Å². The Balaban J connectivity index is 1.88. The molecule has 0 aromatic heterocycles. The molecule has 1 unspecified atom stereocenters. The van der Waals surface area contributed by atoms with Gasteiger partial charge in [-0.1, -0.05) is 24.3 Å². The molecule has 0 saturated carbocycles. The van der Waals surface area contributed by atoms with Crippen LogP contribution in [0.3, 0.4) is 0 Å². The van der Waals surface area contributed by atoms with Crippen molar-refractivity contribution >= 4 is 15.9 Å². The van der Waals surface area contributed by atoms with E-state index in [1.807, 2.05) is 32.7 Å². The molecule has 1 atom stereocenters. The zero-order valence-electron chi connectivity index (χ0n) is 18.2. The smallest absolute Gasteiger partial charge is 0.238 e. The predicted octanol–water partition coefficient (Wildman–Crippen LogP) is 2.14. The number of nitrogens with zero attached hydrogens (tertiary/aromatic N) is 1. The molecule has 2 aromatic rings. The van der Waals surface area contributed by atoms with E-state index in [1.54, 1.807) is 19.2 Å². The number of methoxy groups -OCH3 is 1. The van der Waals surface area contributed by atoms with Crippen LogP contribution in [0, 0.1) is 13.8 Å². The van der Waals surface area contributed by atoms with Crippen molar-refractivity contribution in [3.05, 3.63) is 58.7 Å². The van der Waals surface area contributed by atoms with Crippen LogP contribution in [0.1, 0.15) is 29.2 Å². The summed E-state index contributed by atoms with van der Waals surface area (Å²) in [7, 11) is -0.101. The highest BCUT2D eigenvalue weighted by molar-refractivity contribution is 7.89. The van der Waals surface area contributed by atoms with Gasteiger partial charge >= 0.3 is 0 Å². The van der Waals surface area contributed by atoms with Crippen molar-refractivity contribution < 1.29 is 17.9 Å². The first kappa shape index (κ1) is 23.9. The van der Waals surface area contributed by atoms with E-state index in [9.17, 15) is 13.2 Å². The maximum Gasteiger partial charge on any atom is 0.238 e. The van der Waals surface area contributed by atoms with Crippen molar-refractivity contribution in [2.45, 2.75) is 44.7 Å². The van der Waals surface area contributed by atoms with Gasteiger partial charge in [-0.15, -0.1) is 0 Å². The van der Waals surface area contributed by atoms with Crippen LogP contribution >= 0.6 is 0 Å². The summed E-state index contributed by atoms with van der Waals surface area (Å²) in [6, 6.07) is 10.2. The summed E-state index contributed by atoms with van der Waals surface area (Å²) in [6.45, 7) is 7.02. The third-order valence-corrected chi connectivity index (χ3v) is 6.09. The zero-order chi connectivity index (χ0) is 22.5. The maximum absolute atomic E-state index is 12.5. The zero-order valence-corrected chi connectivity index (χ0v) is 19.0. The molecule has 164 valence electrons. The molecular weight excluding hydrogens is 402 g/mol. The van der Waals surface area contributed by atoms with E-state index in [-0.39, 0.29) is 16.8 Å². The average Bonchev–Trinajstić information content (AvgIpc) is 2.66. The minimum Gasteiger partial charge on any atom is -0.496 e. The molecule has 3 N–H and O–H groups in total. The lowest BCUT2D eigenvalue weighted by molar-refractivity contribution is -0.125. The minimum atomic E-state index is -3.69. The van der Waals surface area contributed by atoms with Crippen LogP contribution < -0.4 is 15.2 Å². The summed E-state index contributed by atoms with van der Waals surface area (Å²) >= 11 is 0. The molecule has 0 heterocycles. The average molecular weight is 434 g/mol. The van der Waals surface area contributed by atoms with Gasteiger partial charge in [0.1, 0.15) is 5.75 Å². The third kappa shape index (κ3) is 6.29. The Morgan fingerprint density at radius 1 is 1.13 bits per heavy atom. The normalized spacial score (nSPS) is 12.6. The second kappa shape index (κ2) is 10.1. The van der Waals surface area contributed by atoms with Gasteiger partial charge in [0.25, 0.3) is 0 Å². The minimum absolute atomic E-state index is 0.0550. The fraction of sp³-hybridized carbons (Fsp3) is 0.409. The van der Waals surface area contributed by atoms with Crippen LogP contribution in [0.4, 0.5) is 0 Å². The summed E-state index contributed by atoms with van der Waals surface area (Å²) in [5.41, 5.74) is 4.20. The number of nitrogens with two attached hydrogens (primary N) is 1. The van der Waals surface area contributed by atoms with Crippen molar-refractivity contribution in [1.29, 1.82) is 0 Å². The molecule has 0 fully saturated rings. The number of likely N-dealkylation sites (N-methyl/N-ethyl adjacent to an activating group) is 1. The molecule has 1 amide bonds. The van der Waals surface area contributed by atoms with E-state index in [0.29, 0.717) is 19.5 Å². The van der Waals surface area contributed by atoms with Crippen LogP contribution in [-0.4, -0.2) is 46.0 Å². The number of sulfonamides is 1. The van der Waals surface area contributed by atoms with Gasteiger partial charge in [0.2, 0.25) is 15.9 Å². The second-order valence-electron chi connectivity index (χ2n) is 7.58. The fourth-order valence-electron chi connectivity index (χ4n) is 3.40. The number of hydrogen-bond donors (Lipinski definition) is 2. The summed E-state index contributed by atoms with van der Waals surface area (Å²) < 4.78 is 28.0. The monoisotopic (exact) mass is 433 g/mol. The Labute approximate surface area is 179 Å². The van der Waals surface area contributed by atoms with Crippen molar-refractivity contribution in [3.8, 4) is 5.75 Å². The van der Waals surface area contributed by atoms with Gasteiger partial charge in [-0.2, -0.15) is 0 Å². The van der Waals surface area contributed by atoms with Gasteiger partial charge in [0, 0.05) is 13.1 Å². The van der Waals surface area contributed by atoms with E-state index < -0.39 is 10.0 Å². The number of carbonyl (C=O) groups excluding carboxylic acids is 1. The van der Waals surface area contributed by atoms with Crippen LogP contribution in [0.5, 0.6) is 5.75 Å². The lowest BCUT2D eigenvalue weighted by Gasteiger charge is -2.24. The largest absolute Gasteiger partial charge is 0.496 e. The molecule has 8 heteroatoms. The second-order valence-corrected chi connectivity index (χ2v) is 9.15. The summed E-state index contributed by atoms with van der Waals surface area (Å²) in [4.78, 5) is 14.6. The fourth-order valence-corrected chi connectivity index (χ4v) is 3.92. The lowest BCUT2D eigenvalue weighted by atomic mass is 10.0. The van der Waals surface area contributed by atoms with E-state index in [1.165, 1.54) is 12.1 Å². The molecule has 30 heavy (non-hydrogen) atoms. The van der Waals surface area contributed by atoms with E-state index in [4.69, 9.17) is 9.88 Å². The van der Waals surface area contributed by atoms with Crippen LogP contribution in [0.2, 0.25) is 0 Å². The molecule has 0 bridgehead atoms. The first-order valence-electron chi connectivity index (χ1n) is 9.76. The summed E-state index contributed by atoms with van der Waals surface area (Å²) in [6.07, 6.45) is 0.601. The summed E-state index contributed by atoms with van der Waals surface area (Å²) in [5, 5.41) is 8.04. The van der Waals surface area contributed by atoms with Gasteiger partial charge in [-0.25, -0.2) is 13.6 Å². The predicted molar refractivity (Wildman–Crippen MR) is 118 cm³/mol. The third-order valence-electron chi connectivity index (χ3n) is 5.16. The number of nitrogens with one attached hydrogen (secondary N) is 1. The first-order chi connectivity index (χ1) is 14.0. The molecule has 0 aliphatic carbocycles. The van der Waals surface area contributed by atoms with Crippen LogP contribution in [-0.2, 0) is 27.8 Å². The topological polar surface area (TPSA) is 102 Å². The highest BCUT2D eigenvalue weighted by atomic mass is 32.2. The van der Waals surface area contributed by atoms with Crippen LogP contribution in [0.25, 0.3) is 0 Å². The van der Waals surface area contributed by atoms with Gasteiger partial charge in [0.15, 0.2) is 0 Å². The highest BCUT2D eigenvalue weighted by Crippen LogP contribution is 2.25. The number of carbonyl (C=O) groups is 1. The molecule has 0 spiro atoms. The van der Waals surface area contributed by atoms with E-state index in [0.717, 1.165) is 28.0 Å². The number of aryl methyl sites for hydroxylation is 2. The van der Waals surface area contributed by atoms with Crippen molar-refractivity contribution in [1.82, 2.24) is 10.2 Å². The lowest BCUT2D eigenvalue weighted by Crippen LogP contribution is -2.43. The number of amides is 1. The Morgan fingerprint density at radius 3 is 2.20 bits per heavy atom. The highest BCUT2D eigenvalue weighted by Gasteiger charge is 2.18. The molecular formula is C22H31N3O4S. The van der Waals surface area contributed by atoms with Gasteiger partial charge in [0.05, 0.1) is 18.0 Å². The summed E-state index contributed by atoms with van der Waals surface area (Å²) in [5.74, 6) is 0.838. The number of hydrogen-bond acceptors (Lipinski definition) is 5. The Bertz CT molecular complexity index is 965. The molecule has 0 aliphatic heterocycles. The van der Waals surface area contributed by atoms with E-state index in [2.05, 4.69) is 17.4 Å². The van der Waals surface area contributed by atoms with Gasteiger partial charge in [-0.05, 0) is 68.6 Å². The number of rotatable bonds is 9. The molecule has 0 radical (unpaired) electrons. The molecule has 0 aliphatic rings. The van der Waals surface area contributed by atoms with Crippen LogP contribution in [0.15, 0.2) is 41.3 Å². The van der Waals surface area contributed by atoms with Crippen molar-refractivity contribution in [3.63, 3.8) is 0 Å². The molecule has 2 aromatic carbocycles. The Hall–Kier alpha value is -2.42. The molecule has 7 nitrogen and oxygen atoms in total. The standard InChI is InChI=1S/C22H31N3O4S/c1-15-12-19(13-16(2)21(15)29-5)14-25(4)17(3)22(26)24-11-10-18-6-8-20(9-7-18)30(23,27)28/h6-9,12-13,17H,10-11,14H2,1-5H3,(H,24,26)(H2,23,27,28). The number of benzene rings is 2. The van der Waals surface area contributed by atoms with Crippen molar-refractivity contribution in [2.75, 3.05) is 20.7 Å². The van der Waals surface area contributed by atoms with Crippen molar-refractivity contribution in [2.24, 2.45) is 5.14 Å². The molecule has 2 rings (SSSR count). The molecule has 0 saturated heterocycles. The Kier molecular flexibility index (Phi) is 8.00. The van der Waals surface area contributed by atoms with E-state index >= 15 is 0 Å². The first-order valence-corrected chi connectivity index (χ1v) is 11.3. The SMILES string of the molecule is COc1c(C)cc(CN(C)C(C)C(=O)NCCc2ccc(S(N)(=O)=O)cc2)cc1C. The number of primary sulfonamides is 1. The number of ether oxygens (including phenoxy) is 1.